The third-order valence-electron chi connectivity index (χ3n) is 5.82. The predicted octanol–water partition coefficient (Wildman–Crippen LogP) is 3.83. The zero-order valence-corrected chi connectivity index (χ0v) is 17.9. The Morgan fingerprint density at radius 1 is 1.03 bits per heavy atom. The van der Waals surface area contributed by atoms with Crippen molar-refractivity contribution in [3.05, 3.63) is 83.4 Å². The first kappa shape index (κ1) is 20.2. The van der Waals surface area contributed by atoms with Gasteiger partial charge >= 0.3 is 0 Å². The van der Waals surface area contributed by atoms with Gasteiger partial charge in [0.2, 0.25) is 0 Å². The van der Waals surface area contributed by atoms with Gasteiger partial charge in [-0.15, -0.1) is 0 Å². The minimum atomic E-state index is -0.0228. The Morgan fingerprint density at radius 2 is 1.87 bits per heavy atom. The molecule has 0 bridgehead atoms. The van der Waals surface area contributed by atoms with Gasteiger partial charge in [-0.05, 0) is 62.2 Å². The van der Waals surface area contributed by atoms with Crippen LogP contribution in [0.5, 0.6) is 0 Å². The fourth-order valence-electron chi connectivity index (χ4n) is 4.15. The number of carbonyl (C=O) groups is 1. The molecule has 0 fully saturated rings. The highest BCUT2D eigenvalue weighted by Crippen LogP contribution is 2.26. The van der Waals surface area contributed by atoms with Gasteiger partial charge in [-0.25, -0.2) is 0 Å². The summed E-state index contributed by atoms with van der Waals surface area (Å²) in [7, 11) is 6.08. The van der Waals surface area contributed by atoms with E-state index in [0.29, 0.717) is 5.69 Å². The lowest BCUT2D eigenvalue weighted by Gasteiger charge is -2.32. The molecule has 0 spiro atoms. The smallest absolute Gasteiger partial charge is 0.272 e. The highest BCUT2D eigenvalue weighted by Gasteiger charge is 2.26. The van der Waals surface area contributed by atoms with Crippen molar-refractivity contribution in [3.63, 3.8) is 0 Å². The number of benzene rings is 1. The number of hydrogen-bond acceptors (Lipinski definition) is 4. The van der Waals surface area contributed by atoms with Crippen LogP contribution in [0.2, 0.25) is 0 Å². The van der Waals surface area contributed by atoms with Crippen LogP contribution in [0.3, 0.4) is 0 Å². The molecule has 0 aliphatic heterocycles. The lowest BCUT2D eigenvalue weighted by molar-refractivity contribution is 0.0713. The Bertz CT molecular complexity index is 1020. The fourth-order valence-corrected chi connectivity index (χ4v) is 4.15. The quantitative estimate of drug-likeness (QED) is 0.653. The molecule has 0 saturated carbocycles. The molecule has 1 aliphatic carbocycles. The zero-order valence-electron chi connectivity index (χ0n) is 17.9. The molecule has 1 aliphatic rings. The van der Waals surface area contributed by atoms with Crippen LogP contribution in [0.4, 0.5) is 0 Å². The average Bonchev–Trinajstić information content (AvgIpc) is 2.78. The van der Waals surface area contributed by atoms with Gasteiger partial charge in [0.05, 0.1) is 0 Å². The van der Waals surface area contributed by atoms with E-state index in [0.717, 1.165) is 36.9 Å². The zero-order chi connectivity index (χ0) is 21.1. The summed E-state index contributed by atoms with van der Waals surface area (Å²) >= 11 is 0. The van der Waals surface area contributed by atoms with Crippen molar-refractivity contribution in [1.82, 2.24) is 19.8 Å². The number of hydrogen-bond donors (Lipinski definition) is 0. The summed E-state index contributed by atoms with van der Waals surface area (Å²) in [6, 6.07) is 14.6. The number of aryl methyl sites for hydroxylation is 1. The lowest BCUT2D eigenvalue weighted by atomic mass is 9.86. The molecule has 1 aromatic carbocycles. The molecule has 2 heterocycles. The highest BCUT2D eigenvalue weighted by molar-refractivity contribution is 5.92. The van der Waals surface area contributed by atoms with Crippen LogP contribution >= 0.6 is 0 Å². The molecule has 1 atom stereocenters. The average molecular weight is 401 g/mol. The number of likely N-dealkylation sites (N-methyl/N-ethyl adjacent to an activating group) is 1. The summed E-state index contributed by atoms with van der Waals surface area (Å²) in [6.07, 6.45) is 8.18. The first-order valence-electron chi connectivity index (χ1n) is 10.4. The van der Waals surface area contributed by atoms with Crippen LogP contribution in [0.25, 0.3) is 11.1 Å². The summed E-state index contributed by atoms with van der Waals surface area (Å²) in [4.78, 5) is 25.6. The van der Waals surface area contributed by atoms with E-state index in [1.807, 2.05) is 36.2 Å². The van der Waals surface area contributed by atoms with Crippen LogP contribution in [0, 0.1) is 0 Å². The second kappa shape index (κ2) is 8.76. The Morgan fingerprint density at radius 3 is 2.57 bits per heavy atom. The third-order valence-corrected chi connectivity index (χ3v) is 5.82. The van der Waals surface area contributed by atoms with Gasteiger partial charge in [-0.2, -0.15) is 0 Å². The van der Waals surface area contributed by atoms with Gasteiger partial charge in [0.1, 0.15) is 5.69 Å². The Hall–Kier alpha value is -3.05. The van der Waals surface area contributed by atoms with Gasteiger partial charge in [0.15, 0.2) is 0 Å². The maximum absolute atomic E-state index is 13.0. The molecule has 1 amide bonds. The number of nitrogens with zero attached hydrogens (tertiary/aromatic N) is 4. The van der Waals surface area contributed by atoms with Crippen molar-refractivity contribution in [3.8, 4) is 11.1 Å². The van der Waals surface area contributed by atoms with Crippen molar-refractivity contribution in [2.24, 2.45) is 0 Å². The van der Waals surface area contributed by atoms with E-state index in [2.05, 4.69) is 47.2 Å². The molecule has 30 heavy (non-hydrogen) atoms. The molecule has 4 rings (SSSR count). The van der Waals surface area contributed by atoms with Crippen LogP contribution < -0.4 is 0 Å². The summed E-state index contributed by atoms with van der Waals surface area (Å²) in [5.74, 6) is -0.0228. The largest absolute Gasteiger partial charge is 0.337 e. The Balaban J connectivity index is 1.44. The summed E-state index contributed by atoms with van der Waals surface area (Å²) < 4.78 is 0. The molecule has 0 saturated heterocycles. The molecule has 0 radical (unpaired) electrons. The van der Waals surface area contributed by atoms with Crippen molar-refractivity contribution >= 4 is 5.91 Å². The monoisotopic (exact) mass is 400 g/mol. The lowest BCUT2D eigenvalue weighted by Crippen LogP contribution is -2.41. The van der Waals surface area contributed by atoms with Gasteiger partial charge in [0.25, 0.3) is 5.91 Å². The van der Waals surface area contributed by atoms with Gasteiger partial charge in [-0.1, -0.05) is 30.3 Å². The maximum Gasteiger partial charge on any atom is 0.272 e. The fraction of sp³-hybridized carbons (Fsp3) is 0.320. The SMILES string of the molecule is CN(C)Cc1ccc2c(c1)CC[C@H](N(C)C(=O)c1ccc(-c3cccnc3)cn1)C2. The third kappa shape index (κ3) is 4.41. The van der Waals surface area contributed by atoms with E-state index in [1.54, 1.807) is 18.6 Å². The Labute approximate surface area is 178 Å². The molecule has 2 aromatic heterocycles. The van der Waals surface area contributed by atoms with E-state index in [1.165, 1.54) is 16.7 Å². The maximum atomic E-state index is 13.0. The number of carbonyl (C=O) groups excluding carboxylic acids is 1. The summed E-state index contributed by atoms with van der Waals surface area (Å²) in [6.45, 7) is 0.954. The van der Waals surface area contributed by atoms with Gasteiger partial charge < -0.3 is 9.80 Å². The number of rotatable bonds is 5. The second-order valence-electron chi connectivity index (χ2n) is 8.33. The van der Waals surface area contributed by atoms with Crippen LogP contribution in [-0.2, 0) is 19.4 Å². The van der Waals surface area contributed by atoms with E-state index in [-0.39, 0.29) is 11.9 Å². The topological polar surface area (TPSA) is 49.3 Å². The van der Waals surface area contributed by atoms with E-state index < -0.39 is 0 Å². The van der Waals surface area contributed by atoms with Gasteiger partial charge in [-0.3, -0.25) is 14.8 Å². The molecule has 5 heteroatoms. The molecular weight excluding hydrogens is 372 g/mol. The van der Waals surface area contributed by atoms with Crippen LogP contribution in [-0.4, -0.2) is 52.9 Å². The molecule has 154 valence electrons. The first-order chi connectivity index (χ1) is 14.5. The summed E-state index contributed by atoms with van der Waals surface area (Å²) in [5, 5.41) is 0. The van der Waals surface area contributed by atoms with Crippen LogP contribution in [0.1, 0.15) is 33.6 Å². The normalized spacial score (nSPS) is 15.7. The number of aromatic nitrogens is 2. The van der Waals surface area contributed by atoms with Crippen molar-refractivity contribution < 1.29 is 4.79 Å². The molecule has 5 nitrogen and oxygen atoms in total. The van der Waals surface area contributed by atoms with Crippen molar-refractivity contribution in [2.75, 3.05) is 21.1 Å². The second-order valence-corrected chi connectivity index (χ2v) is 8.33. The predicted molar refractivity (Wildman–Crippen MR) is 119 cm³/mol. The van der Waals surface area contributed by atoms with Crippen LogP contribution in [0.15, 0.2) is 61.1 Å². The Kier molecular flexibility index (Phi) is 5.91. The van der Waals surface area contributed by atoms with Crippen molar-refractivity contribution in [2.45, 2.75) is 31.8 Å². The molecule has 0 unspecified atom stereocenters. The highest BCUT2D eigenvalue weighted by atomic mass is 16.2. The molecular formula is C25H28N4O. The van der Waals surface area contributed by atoms with Gasteiger partial charge in [0, 0.05) is 49.4 Å². The number of fused-ring (bicyclic) bond motifs is 1. The van der Waals surface area contributed by atoms with Crippen molar-refractivity contribution in [1.29, 1.82) is 0 Å². The first-order valence-corrected chi connectivity index (χ1v) is 10.4. The van der Waals surface area contributed by atoms with E-state index in [4.69, 9.17) is 0 Å². The summed E-state index contributed by atoms with van der Waals surface area (Å²) in [5.41, 5.74) is 6.56. The standard InChI is InChI=1S/C25H28N4O/c1-28(2)17-18-6-7-20-14-23(10-8-19(20)13-18)29(3)25(30)24-11-9-22(16-27-24)21-5-4-12-26-15-21/h4-7,9,11-13,15-16,23H,8,10,14,17H2,1-3H3/t23-/m0/s1. The number of amides is 1. The molecule has 0 N–H and O–H groups in total. The van der Waals surface area contributed by atoms with E-state index in [9.17, 15) is 4.79 Å². The minimum absolute atomic E-state index is 0.0228. The van der Waals surface area contributed by atoms with E-state index >= 15 is 0 Å². The number of pyridine rings is 2. The minimum Gasteiger partial charge on any atom is -0.337 e. The molecule has 3 aromatic rings.